The van der Waals surface area contributed by atoms with Gasteiger partial charge in [-0.1, -0.05) is 24.2 Å². The van der Waals surface area contributed by atoms with E-state index in [0.29, 0.717) is 0 Å². The second-order valence-corrected chi connectivity index (χ2v) is 6.03. The van der Waals surface area contributed by atoms with Gasteiger partial charge in [0.1, 0.15) is 0 Å². The van der Waals surface area contributed by atoms with Crippen molar-refractivity contribution < 1.29 is 9.82 Å². The smallest absolute Gasteiger partial charge is 0.429 e. The van der Waals surface area contributed by atoms with Gasteiger partial charge >= 0.3 is 7.05 Å². The minimum absolute atomic E-state index is 0.0684. The number of carbonyl (C=O) groups is 1. The number of hydrogen-bond acceptors (Lipinski definition) is 4. The molecule has 0 radical (unpaired) electrons. The van der Waals surface area contributed by atoms with E-state index in [9.17, 15) is 9.82 Å². The minimum atomic E-state index is -0.662. The molecule has 0 saturated heterocycles. The quantitative estimate of drug-likeness (QED) is 0.646. The number of amides is 1. The summed E-state index contributed by atoms with van der Waals surface area (Å²) in [5.41, 5.74) is 3.52. The highest BCUT2D eigenvalue weighted by atomic mass is 16.2. The average Bonchev–Trinajstić information content (AvgIpc) is 2.61. The number of hydrogen-bond donors (Lipinski definition) is 3. The van der Waals surface area contributed by atoms with Crippen molar-refractivity contribution in [1.82, 2.24) is 4.98 Å². The van der Waals surface area contributed by atoms with Crippen molar-refractivity contribution in [3.05, 3.63) is 72.0 Å². The standard InChI is InChI=1S/C19H16BN3O2/c24-19(22-17-3-2-16-12-21-8-6-14(16)11-17)10-13-1-4-18-15(9-13)5-7-20(25)23-18/h1-9,11-12,23,25H,10H2,(H,22,24). The number of benzene rings is 2. The second-order valence-electron chi connectivity index (χ2n) is 6.03. The van der Waals surface area contributed by atoms with Crippen LogP contribution in [0.1, 0.15) is 11.1 Å². The zero-order valence-corrected chi connectivity index (χ0v) is 13.4. The van der Waals surface area contributed by atoms with Crippen LogP contribution in [0.15, 0.2) is 60.8 Å². The van der Waals surface area contributed by atoms with Crippen LogP contribution in [0.2, 0.25) is 0 Å². The van der Waals surface area contributed by atoms with Gasteiger partial charge in [0.2, 0.25) is 5.91 Å². The molecule has 6 heteroatoms. The number of rotatable bonds is 3. The Labute approximate surface area is 145 Å². The first-order chi connectivity index (χ1) is 12.2. The second kappa shape index (κ2) is 6.41. The molecule has 122 valence electrons. The highest BCUT2D eigenvalue weighted by molar-refractivity contribution is 6.61. The molecule has 1 amide bonds. The molecule has 4 rings (SSSR count). The van der Waals surface area contributed by atoms with E-state index in [4.69, 9.17) is 0 Å². The topological polar surface area (TPSA) is 74.2 Å². The summed E-state index contributed by atoms with van der Waals surface area (Å²) in [4.78, 5) is 16.4. The zero-order valence-electron chi connectivity index (χ0n) is 13.4. The molecule has 0 aliphatic carbocycles. The monoisotopic (exact) mass is 329 g/mol. The number of fused-ring (bicyclic) bond motifs is 2. The molecular formula is C19H16BN3O2. The lowest BCUT2D eigenvalue weighted by Gasteiger charge is -2.16. The maximum Gasteiger partial charge on any atom is 0.438 e. The molecule has 3 aromatic rings. The van der Waals surface area contributed by atoms with Crippen LogP contribution < -0.4 is 10.5 Å². The molecule has 2 heterocycles. The molecule has 25 heavy (non-hydrogen) atoms. The summed E-state index contributed by atoms with van der Waals surface area (Å²) in [5, 5.41) is 17.5. The summed E-state index contributed by atoms with van der Waals surface area (Å²) in [7, 11) is -0.662. The van der Waals surface area contributed by atoms with E-state index in [0.717, 1.165) is 33.3 Å². The van der Waals surface area contributed by atoms with Crippen molar-refractivity contribution in [2.75, 3.05) is 10.5 Å². The Hall–Kier alpha value is -3.12. The van der Waals surface area contributed by atoms with Crippen LogP contribution in [0.25, 0.3) is 16.8 Å². The van der Waals surface area contributed by atoms with Crippen molar-refractivity contribution >= 4 is 41.2 Å². The predicted octanol–water partition coefficient (Wildman–Crippen LogP) is 2.87. The fourth-order valence-corrected chi connectivity index (χ4v) is 2.95. The van der Waals surface area contributed by atoms with Crippen molar-refractivity contribution in [3.8, 4) is 0 Å². The molecule has 1 aliphatic heterocycles. The number of aromatic nitrogens is 1. The third kappa shape index (κ3) is 3.39. The third-order valence-electron chi connectivity index (χ3n) is 4.17. The fraction of sp³-hybridized carbons (Fsp3) is 0.0526. The van der Waals surface area contributed by atoms with Gasteiger partial charge in [-0.15, -0.1) is 0 Å². The molecule has 0 saturated carbocycles. The highest BCUT2D eigenvalue weighted by Crippen LogP contribution is 2.23. The molecule has 1 aliphatic rings. The highest BCUT2D eigenvalue weighted by Gasteiger charge is 2.15. The molecule has 0 unspecified atom stereocenters. The molecule has 2 aromatic carbocycles. The Balaban J connectivity index is 1.48. The van der Waals surface area contributed by atoms with E-state index in [2.05, 4.69) is 15.5 Å². The van der Waals surface area contributed by atoms with Gasteiger partial charge in [0, 0.05) is 29.2 Å². The summed E-state index contributed by atoms with van der Waals surface area (Å²) in [5.74, 6) is 1.61. The van der Waals surface area contributed by atoms with E-state index >= 15 is 0 Å². The van der Waals surface area contributed by atoms with Gasteiger partial charge in [0.25, 0.3) is 0 Å². The Bertz CT molecular complexity index is 987. The normalized spacial score (nSPS) is 12.6. The van der Waals surface area contributed by atoms with Crippen molar-refractivity contribution in [3.63, 3.8) is 0 Å². The van der Waals surface area contributed by atoms with Crippen LogP contribution in [0.5, 0.6) is 0 Å². The van der Waals surface area contributed by atoms with Crippen molar-refractivity contribution in [1.29, 1.82) is 0 Å². The molecule has 5 nitrogen and oxygen atoms in total. The lowest BCUT2D eigenvalue weighted by molar-refractivity contribution is -0.115. The van der Waals surface area contributed by atoms with Gasteiger partial charge in [-0.2, -0.15) is 0 Å². The van der Waals surface area contributed by atoms with Crippen LogP contribution in [0.4, 0.5) is 11.4 Å². The lowest BCUT2D eigenvalue weighted by Crippen LogP contribution is -2.25. The first-order valence-corrected chi connectivity index (χ1v) is 8.07. The van der Waals surface area contributed by atoms with Gasteiger partial charge in [0.15, 0.2) is 0 Å². The van der Waals surface area contributed by atoms with Gasteiger partial charge in [0.05, 0.1) is 6.42 Å². The summed E-state index contributed by atoms with van der Waals surface area (Å²) >= 11 is 0. The average molecular weight is 329 g/mol. The summed E-state index contributed by atoms with van der Waals surface area (Å²) in [6.07, 6.45) is 5.68. The molecule has 1 aromatic heterocycles. The van der Waals surface area contributed by atoms with Crippen molar-refractivity contribution in [2.45, 2.75) is 6.42 Å². The molecule has 0 spiro atoms. The molecule has 0 bridgehead atoms. The van der Waals surface area contributed by atoms with E-state index < -0.39 is 7.05 Å². The van der Waals surface area contributed by atoms with E-state index in [-0.39, 0.29) is 12.3 Å². The number of nitrogens with one attached hydrogen (secondary N) is 2. The van der Waals surface area contributed by atoms with Crippen molar-refractivity contribution in [2.24, 2.45) is 0 Å². The maximum absolute atomic E-state index is 12.3. The number of nitrogens with zero attached hydrogens (tertiary/aromatic N) is 1. The van der Waals surface area contributed by atoms with Gasteiger partial charge in [-0.05, 0) is 46.8 Å². The van der Waals surface area contributed by atoms with Gasteiger partial charge in [-0.3, -0.25) is 9.78 Å². The summed E-state index contributed by atoms with van der Waals surface area (Å²) in [6.45, 7) is 0. The third-order valence-corrected chi connectivity index (χ3v) is 4.17. The largest absolute Gasteiger partial charge is 0.438 e. The van der Waals surface area contributed by atoms with E-state index in [1.165, 1.54) is 0 Å². The van der Waals surface area contributed by atoms with Crippen LogP contribution in [-0.4, -0.2) is 23.0 Å². The van der Waals surface area contributed by atoms with Crippen LogP contribution in [-0.2, 0) is 11.2 Å². The predicted molar refractivity (Wildman–Crippen MR) is 101 cm³/mol. The van der Waals surface area contributed by atoms with Gasteiger partial charge < -0.3 is 15.6 Å². The maximum atomic E-state index is 12.3. The Kier molecular flexibility index (Phi) is 3.95. The fourth-order valence-electron chi connectivity index (χ4n) is 2.95. The first-order valence-electron chi connectivity index (χ1n) is 8.07. The zero-order chi connectivity index (χ0) is 17.2. The van der Waals surface area contributed by atoms with E-state index in [1.807, 2.05) is 48.5 Å². The summed E-state index contributed by atoms with van der Waals surface area (Å²) < 4.78 is 0. The number of pyridine rings is 1. The Morgan fingerprint density at radius 1 is 1.16 bits per heavy atom. The Morgan fingerprint density at radius 2 is 2.08 bits per heavy atom. The first kappa shape index (κ1) is 15.4. The Morgan fingerprint density at radius 3 is 3.00 bits per heavy atom. The summed E-state index contributed by atoms with van der Waals surface area (Å²) in [6, 6.07) is 13.4. The molecular weight excluding hydrogens is 313 g/mol. The van der Waals surface area contributed by atoms with Crippen LogP contribution in [0.3, 0.4) is 0 Å². The minimum Gasteiger partial charge on any atom is -0.429 e. The lowest BCUT2D eigenvalue weighted by atomic mass is 9.79. The number of carbonyl (C=O) groups excluding carboxylic acids is 1. The van der Waals surface area contributed by atoms with Crippen LogP contribution in [0, 0.1) is 0 Å². The molecule has 3 N–H and O–H groups in total. The van der Waals surface area contributed by atoms with Crippen LogP contribution >= 0.6 is 0 Å². The number of anilines is 2. The SMILES string of the molecule is O=C(Cc1ccc2c(c1)C=CB(O)N2)Nc1ccc2cnccc2c1. The van der Waals surface area contributed by atoms with Gasteiger partial charge in [-0.25, -0.2) is 0 Å². The molecule has 0 atom stereocenters. The van der Waals surface area contributed by atoms with E-state index in [1.54, 1.807) is 18.4 Å². The molecule has 0 fully saturated rings.